The Morgan fingerprint density at radius 1 is 1.57 bits per heavy atom. The summed E-state index contributed by atoms with van der Waals surface area (Å²) in [5.74, 6) is 0.347. The molecule has 3 heteroatoms. The van der Waals surface area contributed by atoms with E-state index in [1.807, 2.05) is 19.1 Å². The highest BCUT2D eigenvalue weighted by Crippen LogP contribution is 2.25. The highest BCUT2D eigenvalue weighted by atomic mass is 16.3. The van der Waals surface area contributed by atoms with Crippen LogP contribution in [0.25, 0.3) is 0 Å². The van der Waals surface area contributed by atoms with E-state index in [0.29, 0.717) is 5.92 Å². The fourth-order valence-electron chi connectivity index (χ4n) is 1.87. The molecule has 0 bridgehead atoms. The van der Waals surface area contributed by atoms with E-state index in [2.05, 4.69) is 10.3 Å². The molecule has 3 nitrogen and oxygen atoms in total. The van der Waals surface area contributed by atoms with E-state index in [-0.39, 0.29) is 6.10 Å². The number of aryl methyl sites for hydroxylation is 1. The zero-order chi connectivity index (χ0) is 9.97. The molecule has 1 saturated heterocycles. The van der Waals surface area contributed by atoms with Crippen molar-refractivity contribution in [2.45, 2.75) is 19.4 Å². The normalized spacial score (nSPS) is 23.7. The van der Waals surface area contributed by atoms with E-state index in [1.165, 1.54) is 0 Å². The van der Waals surface area contributed by atoms with Gasteiger partial charge < -0.3 is 10.4 Å². The summed E-state index contributed by atoms with van der Waals surface area (Å²) in [4.78, 5) is 4.19. The van der Waals surface area contributed by atoms with Crippen molar-refractivity contribution >= 4 is 0 Å². The molecule has 0 saturated carbocycles. The molecule has 14 heavy (non-hydrogen) atoms. The van der Waals surface area contributed by atoms with Crippen molar-refractivity contribution in [3.05, 3.63) is 29.6 Å². The van der Waals surface area contributed by atoms with Gasteiger partial charge in [0.25, 0.3) is 0 Å². The Balaban J connectivity index is 2.09. The van der Waals surface area contributed by atoms with E-state index in [1.54, 1.807) is 6.20 Å². The summed E-state index contributed by atoms with van der Waals surface area (Å²) < 4.78 is 0. The van der Waals surface area contributed by atoms with E-state index >= 15 is 0 Å². The first kappa shape index (κ1) is 9.62. The van der Waals surface area contributed by atoms with Crippen molar-refractivity contribution in [2.24, 2.45) is 5.92 Å². The second-order valence-corrected chi connectivity index (χ2v) is 3.93. The van der Waals surface area contributed by atoms with Gasteiger partial charge in [-0.1, -0.05) is 6.07 Å². The van der Waals surface area contributed by atoms with Crippen LogP contribution in [-0.2, 0) is 0 Å². The first-order chi connectivity index (χ1) is 6.77. The maximum atomic E-state index is 10.0. The van der Waals surface area contributed by atoms with Crippen molar-refractivity contribution in [1.29, 1.82) is 0 Å². The Kier molecular flexibility index (Phi) is 2.79. The Morgan fingerprint density at radius 2 is 2.43 bits per heavy atom. The summed E-state index contributed by atoms with van der Waals surface area (Å²) in [6, 6.07) is 3.91. The summed E-state index contributed by atoms with van der Waals surface area (Å²) in [5.41, 5.74) is 1.93. The van der Waals surface area contributed by atoms with Crippen LogP contribution in [0.3, 0.4) is 0 Å². The molecule has 0 aliphatic carbocycles. The van der Waals surface area contributed by atoms with Crippen molar-refractivity contribution in [1.82, 2.24) is 10.3 Å². The Hall–Kier alpha value is -0.930. The Labute approximate surface area is 84.2 Å². The van der Waals surface area contributed by atoms with Crippen LogP contribution < -0.4 is 5.32 Å². The molecule has 1 aromatic heterocycles. The van der Waals surface area contributed by atoms with E-state index in [4.69, 9.17) is 0 Å². The van der Waals surface area contributed by atoms with Gasteiger partial charge in [-0.15, -0.1) is 0 Å². The number of aliphatic hydroxyl groups excluding tert-OH is 1. The van der Waals surface area contributed by atoms with Gasteiger partial charge in [-0.3, -0.25) is 4.98 Å². The SMILES string of the molecule is Cc1ccc(C(O)[C@@H]2CCNC2)cn1. The van der Waals surface area contributed by atoms with E-state index < -0.39 is 0 Å². The van der Waals surface area contributed by atoms with Gasteiger partial charge in [0, 0.05) is 24.4 Å². The third-order valence-corrected chi connectivity index (χ3v) is 2.82. The minimum atomic E-state index is -0.363. The topological polar surface area (TPSA) is 45.1 Å². The maximum absolute atomic E-state index is 10.0. The number of aliphatic hydroxyl groups is 1. The molecular weight excluding hydrogens is 176 g/mol. The first-order valence-corrected chi connectivity index (χ1v) is 5.08. The van der Waals surface area contributed by atoms with Gasteiger partial charge in [0.15, 0.2) is 0 Å². The molecule has 1 aromatic rings. The molecule has 2 heterocycles. The number of pyridine rings is 1. The van der Waals surface area contributed by atoms with Crippen molar-refractivity contribution < 1.29 is 5.11 Å². The van der Waals surface area contributed by atoms with Crippen LogP contribution in [0.5, 0.6) is 0 Å². The summed E-state index contributed by atoms with van der Waals surface area (Å²) in [6.45, 7) is 3.88. The zero-order valence-corrected chi connectivity index (χ0v) is 8.40. The van der Waals surface area contributed by atoms with Crippen molar-refractivity contribution in [3.63, 3.8) is 0 Å². The molecule has 0 spiro atoms. The third-order valence-electron chi connectivity index (χ3n) is 2.82. The van der Waals surface area contributed by atoms with Gasteiger partial charge in [-0.05, 0) is 31.5 Å². The second kappa shape index (κ2) is 4.07. The van der Waals surface area contributed by atoms with Crippen LogP contribution in [0.2, 0.25) is 0 Å². The minimum Gasteiger partial charge on any atom is -0.388 e. The lowest BCUT2D eigenvalue weighted by Crippen LogP contribution is -2.16. The van der Waals surface area contributed by atoms with E-state index in [0.717, 1.165) is 30.8 Å². The molecule has 2 atom stereocenters. The molecular formula is C11H16N2O. The van der Waals surface area contributed by atoms with E-state index in [9.17, 15) is 5.11 Å². The lowest BCUT2D eigenvalue weighted by atomic mass is 9.96. The fourth-order valence-corrected chi connectivity index (χ4v) is 1.87. The number of aromatic nitrogens is 1. The molecule has 76 valence electrons. The van der Waals surface area contributed by atoms with Crippen molar-refractivity contribution in [3.8, 4) is 0 Å². The third kappa shape index (κ3) is 1.94. The lowest BCUT2D eigenvalue weighted by molar-refractivity contribution is 0.118. The fraction of sp³-hybridized carbons (Fsp3) is 0.545. The van der Waals surface area contributed by atoms with Crippen LogP contribution >= 0.6 is 0 Å². The molecule has 0 radical (unpaired) electrons. The summed E-state index contributed by atoms with van der Waals surface area (Å²) in [6.07, 6.45) is 2.46. The molecule has 2 rings (SSSR count). The maximum Gasteiger partial charge on any atom is 0.0845 e. The molecule has 1 aliphatic rings. The summed E-state index contributed by atoms with van der Waals surface area (Å²) in [5, 5.41) is 13.3. The van der Waals surface area contributed by atoms with Gasteiger partial charge in [0.2, 0.25) is 0 Å². The monoisotopic (exact) mass is 192 g/mol. The predicted molar refractivity (Wildman–Crippen MR) is 54.9 cm³/mol. The highest BCUT2D eigenvalue weighted by molar-refractivity contribution is 5.16. The van der Waals surface area contributed by atoms with Crippen LogP contribution in [0.1, 0.15) is 23.8 Å². The van der Waals surface area contributed by atoms with Gasteiger partial charge in [0.05, 0.1) is 6.10 Å². The minimum absolute atomic E-state index is 0.347. The largest absolute Gasteiger partial charge is 0.388 e. The number of hydrogen-bond acceptors (Lipinski definition) is 3. The number of rotatable bonds is 2. The van der Waals surface area contributed by atoms with Gasteiger partial charge in [-0.2, -0.15) is 0 Å². The molecule has 0 amide bonds. The van der Waals surface area contributed by atoms with Gasteiger partial charge in [-0.25, -0.2) is 0 Å². The summed E-state index contributed by atoms with van der Waals surface area (Å²) in [7, 11) is 0. The number of hydrogen-bond donors (Lipinski definition) is 2. The number of nitrogens with zero attached hydrogens (tertiary/aromatic N) is 1. The van der Waals surface area contributed by atoms with Crippen LogP contribution in [0, 0.1) is 12.8 Å². The quantitative estimate of drug-likeness (QED) is 0.735. The molecule has 2 N–H and O–H groups in total. The Bertz CT molecular complexity index is 291. The molecule has 0 aromatic carbocycles. The van der Waals surface area contributed by atoms with Crippen LogP contribution in [-0.4, -0.2) is 23.2 Å². The molecule has 1 fully saturated rings. The molecule has 1 unspecified atom stereocenters. The van der Waals surface area contributed by atoms with Crippen molar-refractivity contribution in [2.75, 3.05) is 13.1 Å². The lowest BCUT2D eigenvalue weighted by Gasteiger charge is -2.16. The number of nitrogens with one attached hydrogen (secondary N) is 1. The van der Waals surface area contributed by atoms with Gasteiger partial charge >= 0.3 is 0 Å². The highest BCUT2D eigenvalue weighted by Gasteiger charge is 2.24. The average molecular weight is 192 g/mol. The first-order valence-electron chi connectivity index (χ1n) is 5.08. The summed E-state index contributed by atoms with van der Waals surface area (Å²) >= 11 is 0. The Morgan fingerprint density at radius 3 is 3.00 bits per heavy atom. The zero-order valence-electron chi connectivity index (χ0n) is 8.40. The van der Waals surface area contributed by atoms with Crippen LogP contribution in [0.4, 0.5) is 0 Å². The predicted octanol–water partition coefficient (Wildman–Crippen LogP) is 1.03. The van der Waals surface area contributed by atoms with Crippen LogP contribution in [0.15, 0.2) is 18.3 Å². The molecule has 1 aliphatic heterocycles. The standard InChI is InChI=1S/C11H16N2O/c1-8-2-3-9(7-13-8)11(14)10-4-5-12-6-10/h2-3,7,10-12,14H,4-6H2,1H3/t10-,11?/m1/s1. The smallest absolute Gasteiger partial charge is 0.0845 e. The average Bonchev–Trinajstić information content (AvgIpc) is 2.71. The second-order valence-electron chi connectivity index (χ2n) is 3.93. The van der Waals surface area contributed by atoms with Gasteiger partial charge in [0.1, 0.15) is 0 Å².